The van der Waals surface area contributed by atoms with Crippen molar-refractivity contribution in [1.82, 2.24) is 4.72 Å². The van der Waals surface area contributed by atoms with Gasteiger partial charge in [0, 0.05) is 6.54 Å². The van der Waals surface area contributed by atoms with Gasteiger partial charge in [-0.25, -0.2) is 0 Å². The van der Waals surface area contributed by atoms with Crippen molar-refractivity contribution < 1.29 is 26.3 Å². The summed E-state index contributed by atoms with van der Waals surface area (Å²) in [5.41, 5.74) is -2.79. The molecule has 1 nitrogen and oxygen atoms in total. The predicted octanol–water partition coefficient (Wildman–Crippen LogP) is 3.66. The highest BCUT2D eigenvalue weighted by Gasteiger charge is 2.36. The summed E-state index contributed by atoms with van der Waals surface area (Å²) in [6.07, 6.45) is -9.63. The van der Waals surface area contributed by atoms with Crippen LogP contribution in [0.1, 0.15) is 16.7 Å². The molecule has 8 heteroatoms. The summed E-state index contributed by atoms with van der Waals surface area (Å²) in [7, 11) is 0. The van der Waals surface area contributed by atoms with Crippen LogP contribution in [0.25, 0.3) is 0 Å². The number of rotatable bonds is 2. The summed E-state index contributed by atoms with van der Waals surface area (Å²) in [6.45, 7) is -0.198. The van der Waals surface area contributed by atoms with Crippen molar-refractivity contribution in [3.05, 3.63) is 34.9 Å². The topological polar surface area (TPSA) is 12.0 Å². The number of hydrogen-bond acceptors (Lipinski definition) is 2. The van der Waals surface area contributed by atoms with E-state index >= 15 is 0 Å². The minimum Gasteiger partial charge on any atom is -0.262 e. The van der Waals surface area contributed by atoms with Crippen molar-refractivity contribution in [1.29, 1.82) is 0 Å². The first-order valence-corrected chi connectivity index (χ1v) is 4.74. The number of benzene rings is 1. The second kappa shape index (κ2) is 4.77. The lowest BCUT2D eigenvalue weighted by molar-refractivity contribution is -0.143. The van der Waals surface area contributed by atoms with Crippen LogP contribution in [-0.4, -0.2) is 0 Å². The molecule has 0 aromatic heterocycles. The Morgan fingerprint density at radius 3 is 1.59 bits per heavy atom. The molecular weight excluding hydrogens is 268 g/mol. The summed E-state index contributed by atoms with van der Waals surface area (Å²) < 4.78 is 76.4. The molecule has 0 radical (unpaired) electrons. The first-order chi connectivity index (χ1) is 7.64. The number of nitrogens with one attached hydrogen (secondary N) is 1. The average Bonchev–Trinajstić information content (AvgIpc) is 2.15. The van der Waals surface area contributed by atoms with Gasteiger partial charge in [0.2, 0.25) is 0 Å². The highest BCUT2D eigenvalue weighted by molar-refractivity contribution is 7.78. The lowest BCUT2D eigenvalue weighted by Gasteiger charge is -2.13. The maximum Gasteiger partial charge on any atom is 0.416 e. The molecule has 0 aliphatic heterocycles. The zero-order chi connectivity index (χ0) is 13.3. The normalized spacial score (nSPS) is 12.9. The van der Waals surface area contributed by atoms with Crippen LogP contribution in [0.3, 0.4) is 0 Å². The lowest BCUT2D eigenvalue weighted by Crippen LogP contribution is -2.13. The van der Waals surface area contributed by atoms with Gasteiger partial charge in [0.25, 0.3) is 0 Å². The maximum absolute atomic E-state index is 12.4. The van der Waals surface area contributed by atoms with Gasteiger partial charge in [-0.3, -0.25) is 4.72 Å². The van der Waals surface area contributed by atoms with E-state index in [-0.39, 0.29) is 18.2 Å². The van der Waals surface area contributed by atoms with Gasteiger partial charge in [0.1, 0.15) is 0 Å². The first kappa shape index (κ1) is 14.2. The zero-order valence-electron chi connectivity index (χ0n) is 8.15. The fraction of sp³-hybridized carbons (Fsp3) is 0.333. The molecule has 0 atom stereocenters. The van der Waals surface area contributed by atoms with Crippen LogP contribution in [0.2, 0.25) is 0 Å². The smallest absolute Gasteiger partial charge is 0.262 e. The molecule has 0 saturated heterocycles. The van der Waals surface area contributed by atoms with Gasteiger partial charge in [-0.2, -0.15) is 26.3 Å². The molecule has 0 fully saturated rings. The summed E-state index contributed by atoms with van der Waals surface area (Å²) in [6, 6.07) is 1.39. The van der Waals surface area contributed by atoms with Crippen LogP contribution in [0.5, 0.6) is 0 Å². The fourth-order valence-corrected chi connectivity index (χ4v) is 1.40. The molecule has 0 amide bonds. The largest absolute Gasteiger partial charge is 0.416 e. The Labute approximate surface area is 98.4 Å². The summed E-state index contributed by atoms with van der Waals surface area (Å²) in [4.78, 5) is 0. The van der Waals surface area contributed by atoms with Crippen molar-refractivity contribution >= 4 is 12.8 Å². The van der Waals surface area contributed by atoms with Crippen molar-refractivity contribution in [2.75, 3.05) is 0 Å². The number of hydrogen-bond donors (Lipinski definition) is 2. The number of thiol groups is 1. The van der Waals surface area contributed by atoms with Crippen LogP contribution in [0, 0.1) is 0 Å². The highest BCUT2D eigenvalue weighted by Crippen LogP contribution is 2.36. The van der Waals surface area contributed by atoms with Crippen LogP contribution in [0.4, 0.5) is 26.3 Å². The monoisotopic (exact) mass is 275 g/mol. The molecule has 0 aliphatic carbocycles. The number of halogens is 6. The fourth-order valence-electron chi connectivity index (χ4n) is 1.21. The standard InChI is InChI=1S/C9H7F6NS/c10-8(11,12)6-1-5(4-16-17)2-7(3-6)9(13,14)15/h1-3,16-17H,4H2. The van der Waals surface area contributed by atoms with E-state index in [0.29, 0.717) is 12.1 Å². The van der Waals surface area contributed by atoms with E-state index in [4.69, 9.17) is 0 Å². The third-order valence-corrected chi connectivity index (χ3v) is 2.09. The quantitative estimate of drug-likeness (QED) is 0.620. The molecule has 1 N–H and O–H groups in total. The molecule has 1 aromatic carbocycles. The molecule has 0 spiro atoms. The van der Waals surface area contributed by atoms with Crippen LogP contribution >= 0.6 is 12.8 Å². The molecule has 0 saturated carbocycles. The van der Waals surface area contributed by atoms with Crippen LogP contribution in [-0.2, 0) is 18.9 Å². The van der Waals surface area contributed by atoms with Gasteiger partial charge in [-0.15, -0.1) is 0 Å². The van der Waals surface area contributed by atoms with Gasteiger partial charge < -0.3 is 0 Å². The van der Waals surface area contributed by atoms with Crippen molar-refractivity contribution in [3.8, 4) is 0 Å². The zero-order valence-corrected chi connectivity index (χ0v) is 9.05. The molecule has 96 valence electrons. The minimum absolute atomic E-state index is 0.0853. The predicted molar refractivity (Wildman–Crippen MR) is 52.3 cm³/mol. The molecule has 0 heterocycles. The van der Waals surface area contributed by atoms with Crippen LogP contribution < -0.4 is 4.72 Å². The SMILES string of the molecule is FC(F)(F)c1cc(CNS)cc(C(F)(F)F)c1. The molecule has 0 aliphatic rings. The summed E-state index contributed by atoms with van der Waals surface area (Å²) >= 11 is 3.53. The Balaban J connectivity index is 3.29. The molecule has 0 unspecified atom stereocenters. The van der Waals surface area contributed by atoms with E-state index in [1.54, 1.807) is 0 Å². The van der Waals surface area contributed by atoms with E-state index in [1.807, 2.05) is 0 Å². The molecule has 0 bridgehead atoms. The Hall–Kier alpha value is -0.890. The second-order valence-electron chi connectivity index (χ2n) is 3.25. The Bertz CT molecular complexity index is 365. The van der Waals surface area contributed by atoms with Crippen LogP contribution in [0.15, 0.2) is 18.2 Å². The van der Waals surface area contributed by atoms with E-state index in [1.165, 1.54) is 0 Å². The van der Waals surface area contributed by atoms with Gasteiger partial charge in [0.15, 0.2) is 0 Å². The summed E-state index contributed by atoms with van der Waals surface area (Å²) in [5.74, 6) is 0. The van der Waals surface area contributed by atoms with E-state index in [2.05, 4.69) is 17.5 Å². The third-order valence-electron chi connectivity index (χ3n) is 1.93. The molecular formula is C9H7F6NS. The Kier molecular flexibility index (Phi) is 3.98. The van der Waals surface area contributed by atoms with Gasteiger partial charge in [-0.1, -0.05) is 12.8 Å². The first-order valence-electron chi connectivity index (χ1n) is 4.30. The Morgan fingerprint density at radius 2 is 1.29 bits per heavy atom. The minimum atomic E-state index is -4.81. The van der Waals surface area contributed by atoms with Crippen molar-refractivity contribution in [2.45, 2.75) is 18.9 Å². The lowest BCUT2D eigenvalue weighted by atomic mass is 10.0. The van der Waals surface area contributed by atoms with Crippen molar-refractivity contribution in [3.63, 3.8) is 0 Å². The van der Waals surface area contributed by atoms with Gasteiger partial charge >= 0.3 is 12.4 Å². The van der Waals surface area contributed by atoms with E-state index in [0.717, 1.165) is 0 Å². The average molecular weight is 275 g/mol. The van der Waals surface area contributed by atoms with E-state index in [9.17, 15) is 26.3 Å². The van der Waals surface area contributed by atoms with Gasteiger partial charge in [0.05, 0.1) is 11.1 Å². The Morgan fingerprint density at radius 1 is 0.882 bits per heavy atom. The third kappa shape index (κ3) is 3.81. The van der Waals surface area contributed by atoms with Gasteiger partial charge in [-0.05, 0) is 23.8 Å². The molecule has 17 heavy (non-hydrogen) atoms. The maximum atomic E-state index is 12.4. The van der Waals surface area contributed by atoms with Crippen molar-refractivity contribution in [2.24, 2.45) is 0 Å². The highest BCUT2D eigenvalue weighted by atomic mass is 32.1. The second-order valence-corrected chi connectivity index (χ2v) is 3.57. The summed E-state index contributed by atoms with van der Waals surface area (Å²) in [5, 5.41) is 0. The van der Waals surface area contributed by atoms with E-state index < -0.39 is 23.5 Å². The molecule has 1 rings (SSSR count). The molecule has 1 aromatic rings. The number of alkyl halides is 6.